The summed E-state index contributed by atoms with van der Waals surface area (Å²) in [6, 6.07) is 2.57. The van der Waals surface area contributed by atoms with Crippen LogP contribution in [0, 0.1) is 5.92 Å². The van der Waals surface area contributed by atoms with Crippen LogP contribution in [0.3, 0.4) is 0 Å². The average Bonchev–Trinajstić information content (AvgIpc) is 2.76. The Bertz CT molecular complexity index is 320. The second kappa shape index (κ2) is 6.80. The van der Waals surface area contributed by atoms with Crippen molar-refractivity contribution in [1.82, 2.24) is 9.78 Å². The summed E-state index contributed by atoms with van der Waals surface area (Å²) in [6.07, 6.45) is 5.83. The van der Waals surface area contributed by atoms with E-state index in [2.05, 4.69) is 45.1 Å². The van der Waals surface area contributed by atoms with E-state index in [1.165, 1.54) is 0 Å². The predicted molar refractivity (Wildman–Crippen MR) is 71.0 cm³/mol. The van der Waals surface area contributed by atoms with Gasteiger partial charge in [-0.25, -0.2) is 0 Å². The zero-order valence-electron chi connectivity index (χ0n) is 11.6. The lowest BCUT2D eigenvalue weighted by Crippen LogP contribution is -2.14. The highest BCUT2D eigenvalue weighted by Crippen LogP contribution is 2.13. The smallest absolute Gasteiger partial charge is 0.0624 e. The van der Waals surface area contributed by atoms with Gasteiger partial charge in [-0.15, -0.1) is 0 Å². The number of aliphatic hydroxyl groups excluding tert-OH is 1. The Hall–Kier alpha value is -0.830. The average molecular weight is 238 g/mol. The van der Waals surface area contributed by atoms with Crippen molar-refractivity contribution in [3.63, 3.8) is 0 Å². The maximum atomic E-state index is 9.71. The van der Waals surface area contributed by atoms with Crippen molar-refractivity contribution in [3.05, 3.63) is 18.0 Å². The molecular formula is C14H26N2O. The first-order chi connectivity index (χ1) is 8.04. The zero-order valence-corrected chi connectivity index (χ0v) is 11.6. The third-order valence-electron chi connectivity index (χ3n) is 3.41. The van der Waals surface area contributed by atoms with Gasteiger partial charge in [0.25, 0.3) is 0 Å². The lowest BCUT2D eigenvalue weighted by molar-refractivity contribution is 0.114. The molecule has 3 nitrogen and oxygen atoms in total. The van der Waals surface area contributed by atoms with Crippen molar-refractivity contribution < 1.29 is 5.11 Å². The number of aromatic nitrogens is 2. The molecule has 1 rings (SSSR count). The molecule has 0 aliphatic rings. The van der Waals surface area contributed by atoms with Gasteiger partial charge in [0, 0.05) is 12.2 Å². The minimum atomic E-state index is -0.174. The van der Waals surface area contributed by atoms with Crippen molar-refractivity contribution in [2.24, 2.45) is 5.92 Å². The molecule has 2 atom stereocenters. The van der Waals surface area contributed by atoms with Gasteiger partial charge in [-0.1, -0.05) is 20.8 Å². The summed E-state index contributed by atoms with van der Waals surface area (Å²) >= 11 is 0. The van der Waals surface area contributed by atoms with Gasteiger partial charge in [0.15, 0.2) is 0 Å². The van der Waals surface area contributed by atoms with Crippen molar-refractivity contribution in [1.29, 1.82) is 0 Å². The molecule has 2 unspecified atom stereocenters. The van der Waals surface area contributed by atoms with Crippen LogP contribution in [0.15, 0.2) is 12.3 Å². The molecule has 0 amide bonds. The van der Waals surface area contributed by atoms with Gasteiger partial charge in [-0.3, -0.25) is 4.68 Å². The van der Waals surface area contributed by atoms with E-state index in [1.54, 1.807) is 0 Å². The lowest BCUT2D eigenvalue weighted by atomic mass is 10.0. The van der Waals surface area contributed by atoms with E-state index in [1.807, 2.05) is 4.68 Å². The first-order valence-electron chi connectivity index (χ1n) is 6.76. The van der Waals surface area contributed by atoms with E-state index in [4.69, 9.17) is 0 Å². The van der Waals surface area contributed by atoms with Gasteiger partial charge >= 0.3 is 0 Å². The van der Waals surface area contributed by atoms with E-state index in [0.29, 0.717) is 12.0 Å². The lowest BCUT2D eigenvalue weighted by Gasteiger charge is -2.13. The normalized spacial score (nSPS) is 15.2. The number of rotatable bonds is 7. The summed E-state index contributed by atoms with van der Waals surface area (Å²) in [5.41, 5.74) is 1.14. The van der Waals surface area contributed by atoms with E-state index >= 15 is 0 Å². The molecule has 0 radical (unpaired) electrons. The van der Waals surface area contributed by atoms with E-state index in [0.717, 1.165) is 31.4 Å². The summed E-state index contributed by atoms with van der Waals surface area (Å²) in [7, 11) is 0. The van der Waals surface area contributed by atoms with Crippen molar-refractivity contribution >= 4 is 0 Å². The van der Waals surface area contributed by atoms with Gasteiger partial charge in [0.2, 0.25) is 0 Å². The second-order valence-corrected chi connectivity index (χ2v) is 5.25. The summed E-state index contributed by atoms with van der Waals surface area (Å²) < 4.78 is 2.04. The number of aliphatic hydroxyl groups is 1. The third kappa shape index (κ3) is 4.50. The Labute approximate surface area is 105 Å². The summed E-state index contributed by atoms with van der Waals surface area (Å²) in [6.45, 7) is 8.47. The van der Waals surface area contributed by atoms with Crippen molar-refractivity contribution in [3.8, 4) is 0 Å². The second-order valence-electron chi connectivity index (χ2n) is 5.25. The summed E-state index contributed by atoms with van der Waals surface area (Å²) in [4.78, 5) is 0. The van der Waals surface area contributed by atoms with Crippen LogP contribution in [0.4, 0.5) is 0 Å². The molecule has 0 aliphatic carbocycles. The molecule has 0 spiro atoms. The highest BCUT2D eigenvalue weighted by Gasteiger charge is 2.09. The van der Waals surface area contributed by atoms with Crippen LogP contribution in [0.2, 0.25) is 0 Å². The molecule has 0 saturated heterocycles. The molecule has 98 valence electrons. The Balaban J connectivity index is 2.35. The fourth-order valence-electron chi connectivity index (χ4n) is 1.77. The molecule has 1 aromatic heterocycles. The van der Waals surface area contributed by atoms with Crippen LogP contribution in [0.1, 0.15) is 58.7 Å². The molecule has 0 aliphatic heterocycles. The molecule has 1 N–H and O–H groups in total. The van der Waals surface area contributed by atoms with Crippen LogP contribution in [-0.2, 0) is 6.42 Å². The highest BCUT2D eigenvalue weighted by atomic mass is 16.3. The SMILES string of the molecule is CCC(C)n1ccc(CCCC(O)C(C)C)n1. The zero-order chi connectivity index (χ0) is 12.8. The monoisotopic (exact) mass is 238 g/mol. The minimum absolute atomic E-state index is 0.174. The van der Waals surface area contributed by atoms with Gasteiger partial charge in [-0.05, 0) is 44.6 Å². The van der Waals surface area contributed by atoms with Crippen LogP contribution in [-0.4, -0.2) is 21.0 Å². The fraction of sp³-hybridized carbons (Fsp3) is 0.786. The predicted octanol–water partition coefficient (Wildman–Crippen LogP) is 3.19. The molecule has 3 heteroatoms. The standard InChI is InChI=1S/C14H26N2O/c1-5-12(4)16-10-9-13(15-16)7-6-8-14(17)11(2)3/h9-12,14,17H,5-8H2,1-4H3. The number of hydrogen-bond donors (Lipinski definition) is 1. The maximum Gasteiger partial charge on any atom is 0.0624 e. The molecule has 0 fully saturated rings. The topological polar surface area (TPSA) is 38.0 Å². The molecule has 17 heavy (non-hydrogen) atoms. The highest BCUT2D eigenvalue weighted by molar-refractivity contribution is 4.99. The van der Waals surface area contributed by atoms with Crippen LogP contribution in [0.25, 0.3) is 0 Å². The Morgan fingerprint density at radius 1 is 1.35 bits per heavy atom. The van der Waals surface area contributed by atoms with Gasteiger partial charge in [-0.2, -0.15) is 5.10 Å². The maximum absolute atomic E-state index is 9.71. The van der Waals surface area contributed by atoms with Gasteiger partial charge < -0.3 is 5.11 Å². The molecular weight excluding hydrogens is 212 g/mol. The largest absolute Gasteiger partial charge is 0.393 e. The number of hydrogen-bond acceptors (Lipinski definition) is 2. The van der Waals surface area contributed by atoms with Crippen molar-refractivity contribution in [2.75, 3.05) is 0 Å². The molecule has 0 bridgehead atoms. The molecule has 1 aromatic rings. The first-order valence-corrected chi connectivity index (χ1v) is 6.76. The molecule has 1 heterocycles. The number of nitrogens with zero attached hydrogens (tertiary/aromatic N) is 2. The van der Waals surface area contributed by atoms with E-state index in [9.17, 15) is 5.11 Å². The van der Waals surface area contributed by atoms with Crippen LogP contribution >= 0.6 is 0 Å². The summed E-state index contributed by atoms with van der Waals surface area (Å²) in [5, 5.41) is 14.3. The fourth-order valence-corrected chi connectivity index (χ4v) is 1.77. The molecule has 0 saturated carbocycles. The molecule has 0 aromatic carbocycles. The number of aryl methyl sites for hydroxylation is 1. The Kier molecular flexibility index (Phi) is 5.69. The van der Waals surface area contributed by atoms with Crippen LogP contribution < -0.4 is 0 Å². The van der Waals surface area contributed by atoms with Gasteiger partial charge in [0.1, 0.15) is 0 Å². The van der Waals surface area contributed by atoms with E-state index in [-0.39, 0.29) is 6.10 Å². The third-order valence-corrected chi connectivity index (χ3v) is 3.41. The first kappa shape index (κ1) is 14.2. The minimum Gasteiger partial charge on any atom is -0.393 e. The summed E-state index contributed by atoms with van der Waals surface area (Å²) in [5.74, 6) is 0.354. The van der Waals surface area contributed by atoms with Gasteiger partial charge in [0.05, 0.1) is 11.8 Å². The van der Waals surface area contributed by atoms with Crippen LogP contribution in [0.5, 0.6) is 0 Å². The van der Waals surface area contributed by atoms with Crippen molar-refractivity contribution in [2.45, 2.75) is 65.5 Å². The Morgan fingerprint density at radius 2 is 2.06 bits per heavy atom. The van der Waals surface area contributed by atoms with E-state index < -0.39 is 0 Å². The Morgan fingerprint density at radius 3 is 2.65 bits per heavy atom. The quantitative estimate of drug-likeness (QED) is 0.792.